The van der Waals surface area contributed by atoms with Crippen LogP contribution in [0.1, 0.15) is 10.5 Å². The zero-order valence-electron chi connectivity index (χ0n) is 12.9. The number of amides is 1. The van der Waals surface area contributed by atoms with E-state index in [4.69, 9.17) is 0 Å². The Morgan fingerprint density at radius 3 is 2.62 bits per heavy atom. The number of anilines is 1. The largest absolute Gasteiger partial charge is 0.505 e. The number of fused-ring (bicyclic) bond motifs is 1. The highest BCUT2D eigenvalue weighted by Crippen LogP contribution is 2.29. The van der Waals surface area contributed by atoms with Crippen molar-refractivity contribution < 1.29 is 9.90 Å². The molecule has 0 atom stereocenters. The van der Waals surface area contributed by atoms with E-state index in [9.17, 15) is 9.90 Å². The molecule has 1 saturated heterocycles. The molecule has 122 valence electrons. The molecule has 1 N–H and O–H groups in total. The highest BCUT2D eigenvalue weighted by Gasteiger charge is 2.26. The second-order valence-electron chi connectivity index (χ2n) is 5.61. The number of para-hydroxylation sites is 1. The van der Waals surface area contributed by atoms with E-state index in [2.05, 4.69) is 20.9 Å². The quantitative estimate of drug-likeness (QED) is 0.775. The molecule has 3 aromatic rings. The Balaban J connectivity index is 1.47. The van der Waals surface area contributed by atoms with E-state index in [1.165, 1.54) is 17.0 Å². The second-order valence-corrected chi connectivity index (χ2v) is 6.62. The monoisotopic (exact) mass is 340 g/mol. The van der Waals surface area contributed by atoms with Crippen LogP contribution in [0.5, 0.6) is 5.75 Å². The molecule has 1 aliphatic heterocycles. The predicted molar refractivity (Wildman–Crippen MR) is 93.6 cm³/mol. The summed E-state index contributed by atoms with van der Waals surface area (Å²) in [6, 6.07) is 11.2. The van der Waals surface area contributed by atoms with Gasteiger partial charge in [-0.15, -0.1) is 0 Å². The number of thiazole rings is 1. The third kappa shape index (κ3) is 2.67. The number of benzene rings is 1. The van der Waals surface area contributed by atoms with E-state index in [0.717, 1.165) is 23.7 Å². The number of hydrogen-bond donors (Lipinski definition) is 1. The molecule has 7 heteroatoms. The first kappa shape index (κ1) is 14.9. The first-order valence-electron chi connectivity index (χ1n) is 7.76. The minimum absolute atomic E-state index is 0.0731. The summed E-state index contributed by atoms with van der Waals surface area (Å²) in [7, 11) is 0. The molecular weight excluding hydrogens is 324 g/mol. The van der Waals surface area contributed by atoms with Gasteiger partial charge in [-0.1, -0.05) is 23.5 Å². The van der Waals surface area contributed by atoms with Gasteiger partial charge in [-0.2, -0.15) is 0 Å². The zero-order valence-corrected chi connectivity index (χ0v) is 13.7. The summed E-state index contributed by atoms with van der Waals surface area (Å²) in [6.45, 7) is 2.62. The Kier molecular flexibility index (Phi) is 3.78. The van der Waals surface area contributed by atoms with Crippen molar-refractivity contribution in [3.05, 3.63) is 48.3 Å². The van der Waals surface area contributed by atoms with Crippen molar-refractivity contribution in [1.29, 1.82) is 0 Å². The number of nitrogens with zero attached hydrogens (tertiary/aromatic N) is 4. The van der Waals surface area contributed by atoms with E-state index in [-0.39, 0.29) is 17.4 Å². The van der Waals surface area contributed by atoms with Gasteiger partial charge in [0, 0.05) is 32.4 Å². The fourth-order valence-corrected chi connectivity index (χ4v) is 3.82. The second kappa shape index (κ2) is 6.09. The van der Waals surface area contributed by atoms with Crippen LogP contribution in [0.15, 0.2) is 42.6 Å². The van der Waals surface area contributed by atoms with Crippen molar-refractivity contribution in [3.63, 3.8) is 0 Å². The van der Waals surface area contributed by atoms with Crippen molar-refractivity contribution in [2.45, 2.75) is 0 Å². The van der Waals surface area contributed by atoms with E-state index < -0.39 is 0 Å². The summed E-state index contributed by atoms with van der Waals surface area (Å²) in [4.78, 5) is 25.1. The van der Waals surface area contributed by atoms with Gasteiger partial charge in [-0.05, 0) is 24.3 Å². The Bertz CT molecular complexity index is 854. The van der Waals surface area contributed by atoms with E-state index in [1.807, 2.05) is 18.2 Å². The number of carbonyl (C=O) groups excluding carboxylic acids is 1. The maximum Gasteiger partial charge on any atom is 0.276 e. The lowest BCUT2D eigenvalue weighted by Gasteiger charge is -2.34. The minimum atomic E-state index is -0.225. The summed E-state index contributed by atoms with van der Waals surface area (Å²) in [5.41, 5.74) is 1.13. The van der Waals surface area contributed by atoms with Crippen molar-refractivity contribution in [2.75, 3.05) is 31.1 Å². The molecule has 0 saturated carbocycles. The van der Waals surface area contributed by atoms with Crippen LogP contribution in [-0.2, 0) is 0 Å². The average molecular weight is 340 g/mol. The maximum atomic E-state index is 12.5. The van der Waals surface area contributed by atoms with Crippen LogP contribution < -0.4 is 4.90 Å². The number of aromatic hydroxyl groups is 1. The third-order valence-corrected chi connectivity index (χ3v) is 5.21. The van der Waals surface area contributed by atoms with Crippen molar-refractivity contribution in [1.82, 2.24) is 14.9 Å². The molecule has 4 rings (SSSR count). The van der Waals surface area contributed by atoms with Gasteiger partial charge in [-0.25, -0.2) is 9.97 Å². The molecule has 6 nitrogen and oxygen atoms in total. The Hall–Kier alpha value is -2.67. The third-order valence-electron chi connectivity index (χ3n) is 4.11. The van der Waals surface area contributed by atoms with Crippen LogP contribution >= 0.6 is 11.3 Å². The summed E-state index contributed by atoms with van der Waals surface area (Å²) in [5.74, 6) is -0.298. The van der Waals surface area contributed by atoms with Crippen LogP contribution in [0, 0.1) is 0 Å². The molecule has 0 radical (unpaired) electrons. The maximum absolute atomic E-state index is 12.5. The van der Waals surface area contributed by atoms with Gasteiger partial charge in [0.2, 0.25) is 0 Å². The van der Waals surface area contributed by atoms with Gasteiger partial charge < -0.3 is 14.9 Å². The molecular formula is C17H16N4O2S. The lowest BCUT2D eigenvalue weighted by atomic mass is 10.2. The van der Waals surface area contributed by atoms with Crippen LogP contribution in [-0.4, -0.2) is 52.1 Å². The number of aromatic nitrogens is 2. The molecule has 3 heterocycles. The standard InChI is InChI=1S/C17H16N4O2S/c22-13-5-3-7-18-15(13)16(23)20-8-10-21(11-9-20)17-19-12-4-1-2-6-14(12)24-17/h1-7,22H,8-11H2. The van der Waals surface area contributed by atoms with Crippen molar-refractivity contribution in [2.24, 2.45) is 0 Å². The normalized spacial score (nSPS) is 15.0. The number of piperazine rings is 1. The smallest absolute Gasteiger partial charge is 0.276 e. The average Bonchev–Trinajstić information content (AvgIpc) is 3.06. The highest BCUT2D eigenvalue weighted by atomic mass is 32.1. The summed E-state index contributed by atoms with van der Waals surface area (Å²) in [6.07, 6.45) is 1.52. The molecule has 1 fully saturated rings. The molecule has 2 aromatic heterocycles. The predicted octanol–water partition coefficient (Wildman–Crippen LogP) is 2.36. The van der Waals surface area contributed by atoms with Crippen LogP contribution in [0.3, 0.4) is 0 Å². The molecule has 1 aliphatic rings. The van der Waals surface area contributed by atoms with Crippen LogP contribution in [0.25, 0.3) is 10.2 Å². The van der Waals surface area contributed by atoms with E-state index in [0.29, 0.717) is 13.1 Å². The summed E-state index contributed by atoms with van der Waals surface area (Å²) < 4.78 is 1.17. The number of carbonyl (C=O) groups is 1. The number of hydrogen-bond acceptors (Lipinski definition) is 6. The zero-order chi connectivity index (χ0) is 16.5. The number of pyridine rings is 1. The highest BCUT2D eigenvalue weighted by molar-refractivity contribution is 7.22. The first-order chi connectivity index (χ1) is 11.7. The van der Waals surface area contributed by atoms with Gasteiger partial charge >= 0.3 is 0 Å². The molecule has 1 amide bonds. The molecule has 0 unspecified atom stereocenters. The first-order valence-corrected chi connectivity index (χ1v) is 8.58. The van der Waals surface area contributed by atoms with Gasteiger partial charge in [-0.3, -0.25) is 4.79 Å². The molecule has 1 aromatic carbocycles. The Labute approximate surface area is 143 Å². The molecule has 0 bridgehead atoms. The van der Waals surface area contributed by atoms with Crippen molar-refractivity contribution >= 4 is 32.6 Å². The number of rotatable bonds is 2. The molecule has 0 spiro atoms. The van der Waals surface area contributed by atoms with Gasteiger partial charge in [0.1, 0.15) is 5.75 Å². The molecule has 24 heavy (non-hydrogen) atoms. The Morgan fingerprint density at radius 1 is 1.08 bits per heavy atom. The lowest BCUT2D eigenvalue weighted by Crippen LogP contribution is -2.49. The fraction of sp³-hybridized carbons (Fsp3) is 0.235. The fourth-order valence-electron chi connectivity index (χ4n) is 2.81. The van der Waals surface area contributed by atoms with E-state index in [1.54, 1.807) is 22.3 Å². The van der Waals surface area contributed by atoms with Crippen molar-refractivity contribution in [3.8, 4) is 5.75 Å². The minimum Gasteiger partial charge on any atom is -0.505 e. The summed E-state index contributed by atoms with van der Waals surface area (Å²) >= 11 is 1.67. The van der Waals surface area contributed by atoms with Crippen LogP contribution in [0.4, 0.5) is 5.13 Å². The SMILES string of the molecule is O=C(c1ncccc1O)N1CCN(c2nc3ccccc3s2)CC1. The van der Waals surface area contributed by atoms with Gasteiger partial charge in [0.15, 0.2) is 10.8 Å². The van der Waals surface area contributed by atoms with Crippen LogP contribution in [0.2, 0.25) is 0 Å². The Morgan fingerprint density at radius 2 is 1.88 bits per heavy atom. The van der Waals surface area contributed by atoms with Gasteiger partial charge in [0.05, 0.1) is 10.2 Å². The topological polar surface area (TPSA) is 69.6 Å². The lowest BCUT2D eigenvalue weighted by molar-refractivity contribution is 0.0737. The van der Waals surface area contributed by atoms with E-state index >= 15 is 0 Å². The van der Waals surface area contributed by atoms with Gasteiger partial charge in [0.25, 0.3) is 5.91 Å². The molecule has 0 aliphatic carbocycles. The summed E-state index contributed by atoms with van der Waals surface area (Å²) in [5, 5.41) is 10.8.